The summed E-state index contributed by atoms with van der Waals surface area (Å²) in [6, 6.07) is 13.4. The van der Waals surface area contributed by atoms with Crippen molar-refractivity contribution in [1.82, 2.24) is 10.6 Å². The van der Waals surface area contributed by atoms with E-state index >= 15 is 0 Å². The van der Waals surface area contributed by atoms with Gasteiger partial charge in [0.15, 0.2) is 0 Å². The highest BCUT2D eigenvalue weighted by atomic mass is 16.5. The number of allylic oxidation sites excluding steroid dienone is 1. The summed E-state index contributed by atoms with van der Waals surface area (Å²) in [5, 5.41) is 8.32. The standard InChI is InChI=1S/C20H21N3O4/c1-12-17(19(24)22-15-9-4-5-10-16(15)27-3)18(23-20(25)21-12)13-7-6-8-14(11-13)26-2/h4-11,18H,1-3H3,(H,22,24)(H2,21,23,25)/t18-/m0/s1. The van der Waals surface area contributed by atoms with Crippen LogP contribution in [0.15, 0.2) is 59.8 Å². The summed E-state index contributed by atoms with van der Waals surface area (Å²) in [7, 11) is 3.10. The molecule has 3 rings (SSSR count). The summed E-state index contributed by atoms with van der Waals surface area (Å²) >= 11 is 0. The number of benzene rings is 2. The first-order chi connectivity index (χ1) is 13.0. The fourth-order valence-corrected chi connectivity index (χ4v) is 3.00. The molecule has 0 aliphatic carbocycles. The number of amides is 3. The molecule has 3 amide bonds. The minimum atomic E-state index is -0.608. The lowest BCUT2D eigenvalue weighted by molar-refractivity contribution is -0.113. The van der Waals surface area contributed by atoms with E-state index in [0.717, 1.165) is 5.56 Å². The van der Waals surface area contributed by atoms with E-state index < -0.39 is 6.04 Å². The number of methoxy groups -OCH3 is 2. The molecule has 0 saturated heterocycles. The summed E-state index contributed by atoms with van der Waals surface area (Å²) < 4.78 is 10.5. The molecule has 0 fully saturated rings. The molecule has 0 saturated carbocycles. The number of hydrogen-bond donors (Lipinski definition) is 3. The van der Waals surface area contributed by atoms with Crippen LogP contribution in [0.3, 0.4) is 0 Å². The van der Waals surface area contributed by atoms with Crippen LogP contribution < -0.4 is 25.4 Å². The van der Waals surface area contributed by atoms with Crippen LogP contribution in [0.5, 0.6) is 11.5 Å². The van der Waals surface area contributed by atoms with Gasteiger partial charge in [-0.2, -0.15) is 0 Å². The Labute approximate surface area is 157 Å². The molecule has 2 aromatic rings. The average molecular weight is 367 g/mol. The van der Waals surface area contributed by atoms with Crippen LogP contribution in [-0.4, -0.2) is 26.2 Å². The van der Waals surface area contributed by atoms with Gasteiger partial charge in [-0.3, -0.25) is 4.79 Å². The van der Waals surface area contributed by atoms with Crippen LogP contribution in [0.25, 0.3) is 0 Å². The second kappa shape index (κ2) is 7.82. The molecule has 0 spiro atoms. The first-order valence-electron chi connectivity index (χ1n) is 8.40. The summed E-state index contributed by atoms with van der Waals surface area (Å²) in [6.45, 7) is 1.70. The normalized spacial score (nSPS) is 16.3. The Balaban J connectivity index is 1.97. The fraction of sp³-hybridized carbons (Fsp3) is 0.200. The maximum atomic E-state index is 13.0. The van der Waals surface area contributed by atoms with Gasteiger partial charge in [-0.25, -0.2) is 4.79 Å². The summed E-state index contributed by atoms with van der Waals surface area (Å²) in [4.78, 5) is 25.0. The SMILES string of the molecule is COc1cccc([C@@H]2NC(=O)NC(C)=C2C(=O)Nc2ccccc2OC)c1. The van der Waals surface area contributed by atoms with Crippen molar-refractivity contribution in [2.24, 2.45) is 0 Å². The Hall–Kier alpha value is -3.48. The molecule has 140 valence electrons. The van der Waals surface area contributed by atoms with Crippen LogP contribution in [0.2, 0.25) is 0 Å². The Kier molecular flexibility index (Phi) is 5.30. The second-order valence-corrected chi connectivity index (χ2v) is 6.00. The van der Waals surface area contributed by atoms with E-state index in [4.69, 9.17) is 9.47 Å². The highest BCUT2D eigenvalue weighted by Gasteiger charge is 2.31. The zero-order valence-corrected chi connectivity index (χ0v) is 15.3. The average Bonchev–Trinajstić information content (AvgIpc) is 2.67. The van der Waals surface area contributed by atoms with Crippen molar-refractivity contribution >= 4 is 17.6 Å². The number of carbonyl (C=O) groups excluding carboxylic acids is 2. The van der Waals surface area contributed by atoms with Gasteiger partial charge in [0.1, 0.15) is 11.5 Å². The largest absolute Gasteiger partial charge is 0.497 e. The van der Waals surface area contributed by atoms with Crippen molar-refractivity contribution in [2.45, 2.75) is 13.0 Å². The van der Waals surface area contributed by atoms with Gasteiger partial charge in [-0.1, -0.05) is 24.3 Å². The Morgan fingerprint density at radius 3 is 2.59 bits per heavy atom. The van der Waals surface area contributed by atoms with E-state index in [1.807, 2.05) is 18.2 Å². The minimum Gasteiger partial charge on any atom is -0.497 e. The van der Waals surface area contributed by atoms with Gasteiger partial charge in [0, 0.05) is 5.70 Å². The third kappa shape index (κ3) is 3.87. The molecule has 2 aromatic carbocycles. The molecule has 1 heterocycles. The zero-order valence-electron chi connectivity index (χ0n) is 15.3. The highest BCUT2D eigenvalue weighted by molar-refractivity contribution is 6.07. The van der Waals surface area contributed by atoms with E-state index in [0.29, 0.717) is 28.5 Å². The molecule has 27 heavy (non-hydrogen) atoms. The lowest BCUT2D eigenvalue weighted by Gasteiger charge is -2.29. The van der Waals surface area contributed by atoms with E-state index in [-0.39, 0.29) is 11.9 Å². The maximum absolute atomic E-state index is 13.0. The van der Waals surface area contributed by atoms with Gasteiger partial charge in [0.05, 0.1) is 31.5 Å². The van der Waals surface area contributed by atoms with E-state index in [9.17, 15) is 9.59 Å². The third-order valence-electron chi connectivity index (χ3n) is 4.30. The molecule has 1 aliphatic rings. The quantitative estimate of drug-likeness (QED) is 0.758. The van der Waals surface area contributed by atoms with Crippen molar-refractivity contribution in [3.63, 3.8) is 0 Å². The molecule has 0 radical (unpaired) electrons. The van der Waals surface area contributed by atoms with Gasteiger partial charge in [0.2, 0.25) is 0 Å². The molecule has 1 aliphatic heterocycles. The minimum absolute atomic E-state index is 0.336. The van der Waals surface area contributed by atoms with Gasteiger partial charge >= 0.3 is 6.03 Å². The van der Waals surface area contributed by atoms with Gasteiger partial charge < -0.3 is 25.4 Å². The summed E-state index contributed by atoms with van der Waals surface area (Å²) in [6.07, 6.45) is 0. The molecular formula is C20H21N3O4. The molecule has 1 atom stereocenters. The number of carbonyl (C=O) groups is 2. The number of nitrogens with one attached hydrogen (secondary N) is 3. The Morgan fingerprint density at radius 1 is 1.07 bits per heavy atom. The number of anilines is 1. The van der Waals surface area contributed by atoms with Crippen LogP contribution >= 0.6 is 0 Å². The molecule has 7 nitrogen and oxygen atoms in total. The van der Waals surface area contributed by atoms with E-state index in [1.165, 1.54) is 7.11 Å². The number of rotatable bonds is 5. The highest BCUT2D eigenvalue weighted by Crippen LogP contribution is 2.31. The van der Waals surface area contributed by atoms with Crippen molar-refractivity contribution < 1.29 is 19.1 Å². The molecule has 0 aromatic heterocycles. The topological polar surface area (TPSA) is 88.7 Å². The number of ether oxygens (including phenoxy) is 2. The van der Waals surface area contributed by atoms with Crippen molar-refractivity contribution in [2.75, 3.05) is 19.5 Å². The molecule has 0 bridgehead atoms. The molecular weight excluding hydrogens is 346 g/mol. The van der Waals surface area contributed by atoms with Crippen LogP contribution in [0.4, 0.5) is 10.5 Å². The predicted octanol–water partition coefficient (Wildman–Crippen LogP) is 2.97. The maximum Gasteiger partial charge on any atom is 0.319 e. The second-order valence-electron chi connectivity index (χ2n) is 6.00. The fourth-order valence-electron chi connectivity index (χ4n) is 3.00. The monoisotopic (exact) mass is 367 g/mol. The lowest BCUT2D eigenvalue weighted by Crippen LogP contribution is -2.46. The van der Waals surface area contributed by atoms with Crippen LogP contribution in [0.1, 0.15) is 18.5 Å². The number of hydrogen-bond acceptors (Lipinski definition) is 4. The first kappa shape index (κ1) is 18.3. The Morgan fingerprint density at radius 2 is 1.85 bits per heavy atom. The Bertz CT molecular complexity index is 908. The van der Waals surface area contributed by atoms with E-state index in [1.54, 1.807) is 44.4 Å². The number of urea groups is 1. The molecule has 0 unspecified atom stereocenters. The van der Waals surface area contributed by atoms with Crippen molar-refractivity contribution in [3.8, 4) is 11.5 Å². The first-order valence-corrected chi connectivity index (χ1v) is 8.40. The molecule has 3 N–H and O–H groups in total. The van der Waals surface area contributed by atoms with Gasteiger partial charge in [-0.15, -0.1) is 0 Å². The zero-order chi connectivity index (χ0) is 19.4. The summed E-state index contributed by atoms with van der Waals surface area (Å²) in [5.74, 6) is 0.856. The van der Waals surface area contributed by atoms with Crippen molar-refractivity contribution in [1.29, 1.82) is 0 Å². The predicted molar refractivity (Wildman–Crippen MR) is 102 cm³/mol. The smallest absolute Gasteiger partial charge is 0.319 e. The number of para-hydroxylation sites is 2. The molecule has 7 heteroatoms. The van der Waals surface area contributed by atoms with Gasteiger partial charge in [-0.05, 0) is 36.8 Å². The third-order valence-corrected chi connectivity index (χ3v) is 4.30. The van der Waals surface area contributed by atoms with Gasteiger partial charge in [0.25, 0.3) is 5.91 Å². The van der Waals surface area contributed by atoms with E-state index in [2.05, 4.69) is 16.0 Å². The van der Waals surface area contributed by atoms with Crippen LogP contribution in [-0.2, 0) is 4.79 Å². The van der Waals surface area contributed by atoms with Crippen LogP contribution in [0, 0.1) is 0 Å². The lowest BCUT2D eigenvalue weighted by atomic mass is 9.94. The van der Waals surface area contributed by atoms with Crippen molar-refractivity contribution in [3.05, 3.63) is 65.4 Å². The summed E-state index contributed by atoms with van der Waals surface area (Å²) in [5.41, 5.74) is 2.19.